The first-order chi connectivity index (χ1) is 11.2. The van der Waals surface area contributed by atoms with Crippen LogP contribution >= 0.6 is 11.3 Å². The molecule has 0 spiro atoms. The first-order valence-electron chi connectivity index (χ1n) is 7.68. The highest BCUT2D eigenvalue weighted by atomic mass is 32.1. The highest BCUT2D eigenvalue weighted by Gasteiger charge is 2.16. The summed E-state index contributed by atoms with van der Waals surface area (Å²) in [6.45, 7) is 3.88. The Balaban J connectivity index is 1.85. The number of aryl methyl sites for hydroxylation is 1. The van der Waals surface area contributed by atoms with E-state index >= 15 is 0 Å². The molecule has 120 valence electrons. The van der Waals surface area contributed by atoms with Gasteiger partial charge in [0.1, 0.15) is 4.83 Å². The van der Waals surface area contributed by atoms with Crippen LogP contribution in [-0.4, -0.2) is 28.8 Å². The van der Waals surface area contributed by atoms with Gasteiger partial charge in [0.2, 0.25) is 0 Å². The lowest BCUT2D eigenvalue weighted by Crippen LogP contribution is -2.25. The molecule has 0 saturated heterocycles. The van der Waals surface area contributed by atoms with Crippen molar-refractivity contribution in [1.82, 2.24) is 15.1 Å². The minimum Gasteiger partial charge on any atom is -0.351 e. The number of hydrogen-bond donors (Lipinski definition) is 2. The van der Waals surface area contributed by atoms with E-state index in [2.05, 4.69) is 22.5 Å². The van der Waals surface area contributed by atoms with E-state index in [1.165, 1.54) is 16.9 Å². The summed E-state index contributed by atoms with van der Waals surface area (Å²) in [6.07, 6.45) is 0.789. The average Bonchev–Trinajstić information content (AvgIpc) is 3.11. The monoisotopic (exact) mass is 328 g/mol. The number of carbonyl (C=O) groups excluding carboxylic acids is 1. The van der Waals surface area contributed by atoms with Crippen molar-refractivity contribution in [2.75, 3.05) is 13.1 Å². The Morgan fingerprint density at radius 3 is 2.87 bits per heavy atom. The zero-order valence-electron chi connectivity index (χ0n) is 13.1. The number of carbonyl (C=O) groups is 1. The minimum atomic E-state index is -0.0367. The second-order valence-electron chi connectivity index (χ2n) is 5.46. The number of nitrogens with one attached hydrogen (secondary N) is 1. The van der Waals surface area contributed by atoms with Crippen LogP contribution in [0.25, 0.3) is 10.2 Å². The van der Waals surface area contributed by atoms with E-state index in [-0.39, 0.29) is 5.91 Å². The van der Waals surface area contributed by atoms with Gasteiger partial charge in [-0.3, -0.25) is 9.48 Å². The van der Waals surface area contributed by atoms with Crippen molar-refractivity contribution in [2.24, 2.45) is 5.73 Å². The van der Waals surface area contributed by atoms with Gasteiger partial charge in [0.05, 0.1) is 17.1 Å². The topological polar surface area (TPSA) is 72.9 Å². The fraction of sp³-hybridized carbons (Fsp3) is 0.294. The SMILES string of the molecule is Cc1nn(Cc2ccccc2)c2sc(C(=O)NCCCN)cc12. The summed E-state index contributed by atoms with van der Waals surface area (Å²) < 4.78 is 1.97. The molecule has 0 radical (unpaired) electrons. The smallest absolute Gasteiger partial charge is 0.261 e. The van der Waals surface area contributed by atoms with E-state index in [4.69, 9.17) is 5.73 Å². The highest BCUT2D eigenvalue weighted by molar-refractivity contribution is 7.20. The fourth-order valence-electron chi connectivity index (χ4n) is 2.48. The van der Waals surface area contributed by atoms with Crippen molar-refractivity contribution in [3.8, 4) is 0 Å². The molecule has 3 aromatic rings. The van der Waals surface area contributed by atoms with Crippen LogP contribution in [0.3, 0.4) is 0 Å². The van der Waals surface area contributed by atoms with Gasteiger partial charge in [-0.15, -0.1) is 11.3 Å². The van der Waals surface area contributed by atoms with Gasteiger partial charge in [0.15, 0.2) is 0 Å². The number of aromatic nitrogens is 2. The van der Waals surface area contributed by atoms with Gasteiger partial charge in [0, 0.05) is 11.9 Å². The summed E-state index contributed by atoms with van der Waals surface area (Å²) in [7, 11) is 0. The van der Waals surface area contributed by atoms with Gasteiger partial charge in [-0.05, 0) is 31.5 Å². The van der Waals surface area contributed by atoms with Crippen LogP contribution < -0.4 is 11.1 Å². The molecular formula is C17H20N4OS. The van der Waals surface area contributed by atoms with Crippen LogP contribution in [0.2, 0.25) is 0 Å². The van der Waals surface area contributed by atoms with Gasteiger partial charge < -0.3 is 11.1 Å². The molecule has 3 N–H and O–H groups in total. The number of fused-ring (bicyclic) bond motifs is 1. The first-order valence-corrected chi connectivity index (χ1v) is 8.50. The minimum absolute atomic E-state index is 0.0367. The largest absolute Gasteiger partial charge is 0.351 e. The third-order valence-electron chi connectivity index (χ3n) is 3.67. The van der Waals surface area contributed by atoms with E-state index < -0.39 is 0 Å². The number of rotatable bonds is 6. The Kier molecular flexibility index (Phi) is 4.73. The molecule has 1 amide bonds. The molecule has 0 aliphatic carbocycles. The Bertz CT molecular complexity index is 807. The second-order valence-corrected chi connectivity index (χ2v) is 6.49. The maximum absolute atomic E-state index is 12.2. The molecule has 0 saturated carbocycles. The van der Waals surface area contributed by atoms with Crippen molar-refractivity contribution in [3.05, 3.63) is 52.5 Å². The Labute approximate surface area is 139 Å². The molecule has 2 aromatic heterocycles. The number of nitrogens with zero attached hydrogens (tertiary/aromatic N) is 2. The summed E-state index contributed by atoms with van der Waals surface area (Å²) in [5, 5.41) is 8.55. The number of thiophene rings is 1. The van der Waals surface area contributed by atoms with Crippen LogP contribution in [0.1, 0.15) is 27.3 Å². The van der Waals surface area contributed by atoms with Gasteiger partial charge in [-0.1, -0.05) is 30.3 Å². The predicted molar refractivity (Wildman–Crippen MR) is 93.9 cm³/mol. The molecule has 3 rings (SSSR count). The fourth-order valence-corrected chi connectivity index (χ4v) is 3.56. The quantitative estimate of drug-likeness (QED) is 0.683. The zero-order chi connectivity index (χ0) is 16.2. The zero-order valence-corrected chi connectivity index (χ0v) is 13.9. The van der Waals surface area contributed by atoms with Gasteiger partial charge in [-0.2, -0.15) is 5.10 Å². The van der Waals surface area contributed by atoms with Crippen molar-refractivity contribution >= 4 is 27.5 Å². The van der Waals surface area contributed by atoms with Crippen molar-refractivity contribution in [3.63, 3.8) is 0 Å². The molecule has 0 bridgehead atoms. The molecule has 0 atom stereocenters. The van der Waals surface area contributed by atoms with Crippen LogP contribution in [-0.2, 0) is 6.54 Å². The highest BCUT2D eigenvalue weighted by Crippen LogP contribution is 2.28. The normalized spacial score (nSPS) is 11.0. The molecule has 0 fully saturated rings. The van der Waals surface area contributed by atoms with Crippen LogP contribution in [0, 0.1) is 6.92 Å². The summed E-state index contributed by atoms with van der Waals surface area (Å²) in [6, 6.07) is 12.1. The van der Waals surface area contributed by atoms with E-state index in [9.17, 15) is 4.79 Å². The molecule has 1 aromatic carbocycles. The van der Waals surface area contributed by atoms with E-state index in [1.54, 1.807) is 0 Å². The maximum Gasteiger partial charge on any atom is 0.261 e. The van der Waals surface area contributed by atoms with E-state index in [1.807, 2.05) is 35.9 Å². The molecular weight excluding hydrogens is 308 g/mol. The van der Waals surface area contributed by atoms with Gasteiger partial charge in [0.25, 0.3) is 5.91 Å². The molecule has 0 aliphatic rings. The Morgan fingerprint density at radius 1 is 1.35 bits per heavy atom. The number of benzene rings is 1. The Hall–Kier alpha value is -2.18. The van der Waals surface area contributed by atoms with Gasteiger partial charge >= 0.3 is 0 Å². The van der Waals surface area contributed by atoms with Crippen molar-refractivity contribution in [2.45, 2.75) is 19.9 Å². The molecule has 0 unspecified atom stereocenters. The first kappa shape index (κ1) is 15.7. The maximum atomic E-state index is 12.2. The van der Waals surface area contributed by atoms with Crippen LogP contribution in [0.5, 0.6) is 0 Å². The third kappa shape index (κ3) is 3.43. The predicted octanol–water partition coefficient (Wildman–Crippen LogP) is 2.53. The lowest BCUT2D eigenvalue weighted by molar-refractivity contribution is 0.0957. The van der Waals surface area contributed by atoms with Crippen LogP contribution in [0.4, 0.5) is 0 Å². The summed E-state index contributed by atoms with van der Waals surface area (Å²) in [4.78, 5) is 14.0. The average molecular weight is 328 g/mol. The lowest BCUT2D eigenvalue weighted by Gasteiger charge is -2.03. The third-order valence-corrected chi connectivity index (χ3v) is 4.82. The van der Waals surface area contributed by atoms with E-state index in [0.717, 1.165) is 27.2 Å². The van der Waals surface area contributed by atoms with Crippen molar-refractivity contribution in [1.29, 1.82) is 0 Å². The second kappa shape index (κ2) is 6.93. The lowest BCUT2D eigenvalue weighted by atomic mass is 10.2. The summed E-state index contributed by atoms with van der Waals surface area (Å²) in [5.74, 6) is -0.0367. The summed E-state index contributed by atoms with van der Waals surface area (Å²) >= 11 is 1.49. The van der Waals surface area contributed by atoms with E-state index in [0.29, 0.717) is 19.6 Å². The molecule has 5 nitrogen and oxygen atoms in total. The van der Waals surface area contributed by atoms with Crippen LogP contribution in [0.15, 0.2) is 36.4 Å². The standard InChI is InChI=1S/C17H20N4OS/c1-12-14-10-15(16(22)19-9-5-8-18)23-17(14)21(20-12)11-13-6-3-2-4-7-13/h2-4,6-7,10H,5,8-9,11,18H2,1H3,(H,19,22). The number of amides is 1. The molecule has 2 heterocycles. The van der Waals surface area contributed by atoms with Gasteiger partial charge in [-0.25, -0.2) is 0 Å². The number of nitrogens with two attached hydrogens (primary N) is 1. The molecule has 6 heteroatoms. The molecule has 23 heavy (non-hydrogen) atoms. The number of hydrogen-bond acceptors (Lipinski definition) is 4. The summed E-state index contributed by atoms with van der Waals surface area (Å²) in [5.41, 5.74) is 7.60. The Morgan fingerprint density at radius 2 is 2.13 bits per heavy atom. The molecule has 0 aliphatic heterocycles. The van der Waals surface area contributed by atoms with Crippen molar-refractivity contribution < 1.29 is 4.79 Å².